The molecule has 0 amide bonds. The van der Waals surface area contributed by atoms with Crippen molar-refractivity contribution >= 4 is 0 Å². The summed E-state index contributed by atoms with van der Waals surface area (Å²) in [6.07, 6.45) is 2.64. The number of rotatable bonds is 10. The van der Waals surface area contributed by atoms with Crippen LogP contribution in [0.5, 0.6) is 0 Å². The standard InChI is InChI=1S/C26H33NO4/c1-4-5-16-21(27-17-19-12-8-6-9-13-19)22-23(28-18-20-14-10-7-11-15-20)24-25(29-22)31-26(2,3)30-24/h4,6-15,21-25,27H,1,5,16-18H2,2-3H3/t21-,22-,23+,24-,25-/m1/s1. The van der Waals surface area contributed by atoms with E-state index >= 15 is 0 Å². The molecule has 0 radical (unpaired) electrons. The molecule has 0 unspecified atom stereocenters. The number of allylic oxidation sites excluding steroid dienone is 1. The molecule has 166 valence electrons. The van der Waals surface area contributed by atoms with Gasteiger partial charge in [0.25, 0.3) is 0 Å². The topological polar surface area (TPSA) is 49.0 Å². The minimum atomic E-state index is -0.678. The van der Waals surface area contributed by atoms with Crippen molar-refractivity contribution in [2.75, 3.05) is 0 Å². The van der Waals surface area contributed by atoms with Crippen molar-refractivity contribution in [1.29, 1.82) is 0 Å². The zero-order valence-electron chi connectivity index (χ0n) is 18.4. The molecule has 1 N–H and O–H groups in total. The van der Waals surface area contributed by atoms with Gasteiger partial charge < -0.3 is 24.3 Å². The van der Waals surface area contributed by atoms with Crippen LogP contribution in [0.4, 0.5) is 0 Å². The van der Waals surface area contributed by atoms with Gasteiger partial charge in [0.1, 0.15) is 18.3 Å². The molecule has 2 saturated heterocycles. The number of ether oxygens (including phenoxy) is 4. The monoisotopic (exact) mass is 423 g/mol. The summed E-state index contributed by atoms with van der Waals surface area (Å²) in [6, 6.07) is 20.7. The fourth-order valence-corrected chi connectivity index (χ4v) is 4.31. The lowest BCUT2D eigenvalue weighted by Gasteiger charge is -2.31. The number of hydrogen-bond acceptors (Lipinski definition) is 5. The molecule has 5 atom stereocenters. The van der Waals surface area contributed by atoms with E-state index in [1.807, 2.05) is 44.2 Å². The Hall–Kier alpha value is -2.02. The molecule has 5 nitrogen and oxygen atoms in total. The second-order valence-corrected chi connectivity index (χ2v) is 8.67. The Morgan fingerprint density at radius 3 is 2.39 bits per heavy atom. The summed E-state index contributed by atoms with van der Waals surface area (Å²) in [5.41, 5.74) is 2.36. The Morgan fingerprint density at radius 2 is 1.71 bits per heavy atom. The SMILES string of the molecule is C=CCC[C@@H](NCc1ccccc1)[C@H]1O[C@@H]2OC(C)(C)O[C@@H]2[C@H]1OCc1ccccc1. The van der Waals surface area contributed by atoms with Gasteiger partial charge in [-0.2, -0.15) is 0 Å². The van der Waals surface area contributed by atoms with E-state index in [2.05, 4.69) is 48.3 Å². The molecule has 0 spiro atoms. The van der Waals surface area contributed by atoms with Gasteiger partial charge in [0, 0.05) is 12.6 Å². The van der Waals surface area contributed by atoms with E-state index in [4.69, 9.17) is 18.9 Å². The maximum atomic E-state index is 6.43. The van der Waals surface area contributed by atoms with Gasteiger partial charge in [0.05, 0.1) is 6.61 Å². The minimum absolute atomic E-state index is 0.0832. The molecule has 0 aromatic heterocycles. The molecule has 0 bridgehead atoms. The Labute approximate surface area is 185 Å². The highest BCUT2D eigenvalue weighted by Gasteiger charge is 2.56. The van der Waals surface area contributed by atoms with Crippen LogP contribution >= 0.6 is 0 Å². The van der Waals surface area contributed by atoms with Gasteiger partial charge >= 0.3 is 0 Å². The molecule has 2 aromatic rings. The lowest BCUT2D eigenvalue weighted by molar-refractivity contribution is -0.222. The van der Waals surface area contributed by atoms with Gasteiger partial charge in [-0.25, -0.2) is 0 Å². The van der Waals surface area contributed by atoms with Crippen molar-refractivity contribution in [2.24, 2.45) is 0 Å². The van der Waals surface area contributed by atoms with Crippen LogP contribution in [0.3, 0.4) is 0 Å². The molecule has 5 heteroatoms. The third kappa shape index (κ3) is 5.62. The first-order valence-corrected chi connectivity index (χ1v) is 11.1. The molecule has 0 aliphatic carbocycles. The quantitative estimate of drug-likeness (QED) is 0.567. The Bertz CT molecular complexity index is 826. The van der Waals surface area contributed by atoms with Crippen molar-refractivity contribution in [1.82, 2.24) is 5.32 Å². The molecule has 2 heterocycles. The molecular weight excluding hydrogens is 390 g/mol. The summed E-state index contributed by atoms with van der Waals surface area (Å²) >= 11 is 0. The molecule has 2 aromatic carbocycles. The molecule has 4 rings (SSSR count). The number of nitrogens with one attached hydrogen (secondary N) is 1. The molecule has 31 heavy (non-hydrogen) atoms. The van der Waals surface area contributed by atoms with Gasteiger partial charge in [-0.1, -0.05) is 66.7 Å². The second kappa shape index (κ2) is 10.1. The highest BCUT2D eigenvalue weighted by molar-refractivity contribution is 5.15. The Morgan fingerprint density at radius 1 is 1.03 bits per heavy atom. The van der Waals surface area contributed by atoms with Crippen LogP contribution in [0.25, 0.3) is 0 Å². The van der Waals surface area contributed by atoms with Gasteiger partial charge in [-0.3, -0.25) is 0 Å². The smallest absolute Gasteiger partial charge is 0.190 e. The first kappa shape index (κ1) is 22.2. The molecule has 2 aliphatic rings. The van der Waals surface area contributed by atoms with Crippen LogP contribution < -0.4 is 5.32 Å². The second-order valence-electron chi connectivity index (χ2n) is 8.67. The number of benzene rings is 2. The average molecular weight is 424 g/mol. The van der Waals surface area contributed by atoms with Crippen molar-refractivity contribution in [3.05, 3.63) is 84.4 Å². The van der Waals surface area contributed by atoms with E-state index < -0.39 is 12.1 Å². The number of hydrogen-bond donors (Lipinski definition) is 1. The highest BCUT2D eigenvalue weighted by Crippen LogP contribution is 2.40. The van der Waals surface area contributed by atoms with E-state index in [9.17, 15) is 0 Å². The average Bonchev–Trinajstić information content (AvgIpc) is 3.25. The van der Waals surface area contributed by atoms with Crippen molar-refractivity contribution in [3.63, 3.8) is 0 Å². The molecule has 0 saturated carbocycles. The van der Waals surface area contributed by atoms with E-state index in [-0.39, 0.29) is 24.4 Å². The van der Waals surface area contributed by atoms with Crippen molar-refractivity contribution in [3.8, 4) is 0 Å². The van der Waals surface area contributed by atoms with Crippen LogP contribution in [0.15, 0.2) is 73.3 Å². The lowest BCUT2D eigenvalue weighted by atomic mass is 9.98. The van der Waals surface area contributed by atoms with Crippen LogP contribution in [0.2, 0.25) is 0 Å². The summed E-state index contributed by atoms with van der Waals surface area (Å²) in [5, 5.41) is 3.69. The number of fused-ring (bicyclic) bond motifs is 1. The summed E-state index contributed by atoms with van der Waals surface area (Å²) in [5.74, 6) is -0.678. The van der Waals surface area contributed by atoms with E-state index in [1.165, 1.54) is 5.56 Å². The predicted octanol–water partition coefficient (Wildman–Crippen LogP) is 4.57. The predicted molar refractivity (Wildman–Crippen MR) is 120 cm³/mol. The third-order valence-corrected chi connectivity index (χ3v) is 5.80. The van der Waals surface area contributed by atoms with Crippen molar-refractivity contribution < 1.29 is 18.9 Å². The van der Waals surface area contributed by atoms with Gasteiger partial charge in [0.15, 0.2) is 12.1 Å². The van der Waals surface area contributed by atoms with E-state index in [0.29, 0.717) is 6.61 Å². The molecule has 2 fully saturated rings. The maximum absolute atomic E-state index is 6.43. The van der Waals surface area contributed by atoms with Gasteiger partial charge in [-0.15, -0.1) is 6.58 Å². The Balaban J connectivity index is 1.50. The summed E-state index contributed by atoms with van der Waals surface area (Å²) in [4.78, 5) is 0. The van der Waals surface area contributed by atoms with E-state index in [0.717, 1.165) is 24.9 Å². The fraction of sp³-hybridized carbons (Fsp3) is 0.462. The Kier molecular flexibility index (Phi) is 7.20. The maximum Gasteiger partial charge on any atom is 0.190 e. The largest absolute Gasteiger partial charge is 0.368 e. The van der Waals surface area contributed by atoms with Crippen LogP contribution in [0.1, 0.15) is 37.8 Å². The lowest BCUT2D eigenvalue weighted by Crippen LogP contribution is -2.48. The zero-order valence-corrected chi connectivity index (χ0v) is 18.4. The zero-order chi connectivity index (χ0) is 21.7. The minimum Gasteiger partial charge on any atom is -0.368 e. The van der Waals surface area contributed by atoms with Gasteiger partial charge in [-0.05, 0) is 37.8 Å². The summed E-state index contributed by atoms with van der Waals surface area (Å²) in [6.45, 7) is 9.00. The summed E-state index contributed by atoms with van der Waals surface area (Å²) in [7, 11) is 0. The molecule has 2 aliphatic heterocycles. The van der Waals surface area contributed by atoms with Crippen molar-refractivity contribution in [2.45, 2.75) is 76.3 Å². The molecular formula is C26H33NO4. The first-order valence-electron chi connectivity index (χ1n) is 11.1. The van der Waals surface area contributed by atoms with E-state index in [1.54, 1.807) is 0 Å². The highest BCUT2D eigenvalue weighted by atomic mass is 16.8. The van der Waals surface area contributed by atoms with Crippen LogP contribution in [-0.4, -0.2) is 36.4 Å². The van der Waals surface area contributed by atoms with Crippen LogP contribution in [0, 0.1) is 0 Å². The van der Waals surface area contributed by atoms with Crippen LogP contribution in [-0.2, 0) is 32.1 Å². The van der Waals surface area contributed by atoms with Gasteiger partial charge in [0.2, 0.25) is 0 Å². The summed E-state index contributed by atoms with van der Waals surface area (Å²) < 4.78 is 25.1. The normalized spacial score (nSPS) is 27.7. The first-order chi connectivity index (χ1) is 15.1. The third-order valence-electron chi connectivity index (χ3n) is 5.80. The fourth-order valence-electron chi connectivity index (χ4n) is 4.31.